The number of aliphatic imine (C=N–C) groups is 1. The molecule has 122 valence electrons. The predicted molar refractivity (Wildman–Crippen MR) is 100 cm³/mol. The first-order chi connectivity index (χ1) is 9.40. The average molecular weight is 407 g/mol. The van der Waals surface area contributed by atoms with Gasteiger partial charge in [-0.1, -0.05) is 20.8 Å². The highest BCUT2D eigenvalue weighted by atomic mass is 127. The fourth-order valence-corrected chi connectivity index (χ4v) is 1.91. The summed E-state index contributed by atoms with van der Waals surface area (Å²) in [7, 11) is 1.80. The van der Waals surface area contributed by atoms with Crippen molar-refractivity contribution in [3.8, 4) is 0 Å². The van der Waals surface area contributed by atoms with Crippen LogP contribution in [-0.2, 0) is 6.42 Å². The Labute approximate surface area is 146 Å². The van der Waals surface area contributed by atoms with Crippen LogP contribution in [0.15, 0.2) is 27.8 Å². The molecular weight excluding hydrogens is 377 g/mol. The molecule has 4 nitrogen and oxygen atoms in total. The van der Waals surface area contributed by atoms with Crippen molar-refractivity contribution >= 4 is 29.9 Å². The first kappa shape index (κ1) is 20.3. The molecule has 1 heterocycles. The lowest BCUT2D eigenvalue weighted by Crippen LogP contribution is -2.43. The van der Waals surface area contributed by atoms with Crippen LogP contribution in [0.1, 0.15) is 46.3 Å². The van der Waals surface area contributed by atoms with Crippen LogP contribution in [0, 0.1) is 5.41 Å². The molecule has 1 unspecified atom stereocenters. The number of furan rings is 1. The van der Waals surface area contributed by atoms with E-state index in [4.69, 9.17) is 4.42 Å². The van der Waals surface area contributed by atoms with Crippen LogP contribution in [-0.4, -0.2) is 25.6 Å². The number of hydrogen-bond donors (Lipinski definition) is 2. The molecule has 0 spiro atoms. The maximum absolute atomic E-state index is 5.31. The second-order valence-electron chi connectivity index (χ2n) is 6.47. The maximum Gasteiger partial charge on any atom is 0.191 e. The van der Waals surface area contributed by atoms with Crippen molar-refractivity contribution < 1.29 is 4.42 Å². The van der Waals surface area contributed by atoms with Gasteiger partial charge in [0.1, 0.15) is 5.76 Å². The molecule has 0 aromatic carbocycles. The summed E-state index contributed by atoms with van der Waals surface area (Å²) in [5, 5.41) is 6.74. The molecule has 0 aliphatic rings. The summed E-state index contributed by atoms with van der Waals surface area (Å²) in [6.45, 7) is 9.84. The fraction of sp³-hybridized carbons (Fsp3) is 0.688. The quantitative estimate of drug-likeness (QED) is 0.428. The average Bonchev–Trinajstić information content (AvgIpc) is 2.87. The van der Waals surface area contributed by atoms with E-state index >= 15 is 0 Å². The van der Waals surface area contributed by atoms with Crippen LogP contribution >= 0.6 is 24.0 Å². The van der Waals surface area contributed by atoms with Gasteiger partial charge in [0, 0.05) is 26.1 Å². The Hall–Kier alpha value is -0.720. The molecular formula is C16H30IN3O. The van der Waals surface area contributed by atoms with E-state index in [-0.39, 0.29) is 24.0 Å². The molecule has 2 N–H and O–H groups in total. The third-order valence-electron chi connectivity index (χ3n) is 3.18. The summed E-state index contributed by atoms with van der Waals surface area (Å²) < 4.78 is 5.31. The molecule has 0 saturated heterocycles. The summed E-state index contributed by atoms with van der Waals surface area (Å²) in [6, 6.07) is 4.32. The minimum absolute atomic E-state index is 0. The van der Waals surface area contributed by atoms with Crippen molar-refractivity contribution in [1.82, 2.24) is 10.6 Å². The summed E-state index contributed by atoms with van der Waals surface area (Å²) >= 11 is 0. The summed E-state index contributed by atoms with van der Waals surface area (Å²) in [5.74, 6) is 1.85. The second kappa shape index (κ2) is 10.1. The monoisotopic (exact) mass is 407 g/mol. The summed E-state index contributed by atoms with van der Waals surface area (Å²) in [4.78, 5) is 4.26. The number of hydrogen-bond acceptors (Lipinski definition) is 2. The van der Waals surface area contributed by atoms with Gasteiger partial charge in [-0.05, 0) is 37.3 Å². The molecule has 1 aromatic rings. The van der Waals surface area contributed by atoms with Gasteiger partial charge in [-0.15, -0.1) is 24.0 Å². The van der Waals surface area contributed by atoms with Crippen molar-refractivity contribution in [2.75, 3.05) is 13.6 Å². The van der Waals surface area contributed by atoms with E-state index in [1.807, 2.05) is 12.1 Å². The number of nitrogens with zero attached hydrogens (tertiary/aromatic N) is 1. The normalized spacial score (nSPS) is 13.5. The van der Waals surface area contributed by atoms with Crippen LogP contribution in [0.4, 0.5) is 0 Å². The lowest BCUT2D eigenvalue weighted by Gasteiger charge is -2.23. The Morgan fingerprint density at radius 2 is 2.10 bits per heavy atom. The predicted octanol–water partition coefficient (Wildman–Crippen LogP) is 3.82. The molecule has 21 heavy (non-hydrogen) atoms. The number of guanidine groups is 1. The zero-order valence-electron chi connectivity index (χ0n) is 13.9. The van der Waals surface area contributed by atoms with Gasteiger partial charge in [0.15, 0.2) is 5.96 Å². The second-order valence-corrected chi connectivity index (χ2v) is 6.47. The van der Waals surface area contributed by atoms with Crippen molar-refractivity contribution in [3.63, 3.8) is 0 Å². The van der Waals surface area contributed by atoms with Gasteiger partial charge in [0.05, 0.1) is 6.26 Å². The standard InChI is InChI=1S/C16H29N3O.HI/c1-13(8-10-16(2,3)4)19-15(17-5)18-11-9-14-7-6-12-20-14;/h6-7,12-13H,8-11H2,1-5H3,(H2,17,18,19);1H. The highest BCUT2D eigenvalue weighted by molar-refractivity contribution is 14.0. The van der Waals surface area contributed by atoms with Crippen molar-refractivity contribution in [1.29, 1.82) is 0 Å². The van der Waals surface area contributed by atoms with Crippen LogP contribution in [0.25, 0.3) is 0 Å². The summed E-state index contributed by atoms with van der Waals surface area (Å²) in [6.07, 6.45) is 4.91. The molecule has 0 saturated carbocycles. The molecule has 0 radical (unpaired) electrons. The molecule has 0 bridgehead atoms. The third kappa shape index (κ3) is 9.77. The first-order valence-corrected chi connectivity index (χ1v) is 7.40. The lowest BCUT2D eigenvalue weighted by atomic mass is 9.89. The van der Waals surface area contributed by atoms with E-state index in [1.54, 1.807) is 13.3 Å². The lowest BCUT2D eigenvalue weighted by molar-refractivity contribution is 0.346. The Kier molecular flexibility index (Phi) is 9.74. The van der Waals surface area contributed by atoms with Crippen LogP contribution < -0.4 is 10.6 Å². The van der Waals surface area contributed by atoms with Crippen molar-refractivity contribution in [2.45, 2.75) is 53.0 Å². The van der Waals surface area contributed by atoms with E-state index in [9.17, 15) is 0 Å². The molecule has 1 rings (SSSR count). The molecule has 5 heteroatoms. The third-order valence-corrected chi connectivity index (χ3v) is 3.18. The van der Waals surface area contributed by atoms with E-state index in [2.05, 4.69) is 43.3 Å². The highest BCUT2D eigenvalue weighted by Crippen LogP contribution is 2.21. The zero-order valence-corrected chi connectivity index (χ0v) is 16.2. The number of halogens is 1. The molecule has 0 aliphatic heterocycles. The Morgan fingerprint density at radius 1 is 1.38 bits per heavy atom. The first-order valence-electron chi connectivity index (χ1n) is 7.40. The van der Waals surface area contributed by atoms with Gasteiger partial charge in [-0.3, -0.25) is 4.99 Å². The molecule has 0 amide bonds. The smallest absolute Gasteiger partial charge is 0.191 e. The van der Waals surface area contributed by atoms with Gasteiger partial charge in [0.25, 0.3) is 0 Å². The Morgan fingerprint density at radius 3 is 2.62 bits per heavy atom. The maximum atomic E-state index is 5.31. The minimum Gasteiger partial charge on any atom is -0.469 e. The topological polar surface area (TPSA) is 49.6 Å². The molecule has 1 aromatic heterocycles. The van der Waals surface area contributed by atoms with Crippen LogP contribution in [0.2, 0.25) is 0 Å². The number of nitrogens with one attached hydrogen (secondary N) is 2. The van der Waals surface area contributed by atoms with Crippen LogP contribution in [0.5, 0.6) is 0 Å². The highest BCUT2D eigenvalue weighted by Gasteiger charge is 2.13. The molecule has 1 atom stereocenters. The van der Waals surface area contributed by atoms with E-state index in [0.29, 0.717) is 11.5 Å². The van der Waals surface area contributed by atoms with E-state index < -0.39 is 0 Å². The van der Waals surface area contributed by atoms with Gasteiger partial charge in [-0.25, -0.2) is 0 Å². The largest absolute Gasteiger partial charge is 0.469 e. The number of rotatable bonds is 6. The zero-order chi connectivity index (χ0) is 15.0. The van der Waals surface area contributed by atoms with E-state index in [0.717, 1.165) is 31.1 Å². The SMILES string of the molecule is CN=C(NCCc1ccco1)NC(C)CCC(C)(C)C.I. The molecule has 0 fully saturated rings. The fourth-order valence-electron chi connectivity index (χ4n) is 1.91. The van der Waals surface area contributed by atoms with Crippen LogP contribution in [0.3, 0.4) is 0 Å². The van der Waals surface area contributed by atoms with Crippen molar-refractivity contribution in [3.05, 3.63) is 24.2 Å². The Balaban J connectivity index is 0.00000400. The Bertz CT molecular complexity index is 396. The molecule has 0 aliphatic carbocycles. The van der Waals surface area contributed by atoms with Gasteiger partial charge in [0.2, 0.25) is 0 Å². The minimum atomic E-state index is 0. The summed E-state index contributed by atoms with van der Waals surface area (Å²) in [5.41, 5.74) is 0.381. The van der Waals surface area contributed by atoms with Gasteiger partial charge >= 0.3 is 0 Å². The van der Waals surface area contributed by atoms with Gasteiger partial charge in [-0.2, -0.15) is 0 Å². The van der Waals surface area contributed by atoms with Gasteiger partial charge < -0.3 is 15.1 Å². The van der Waals surface area contributed by atoms with Crippen molar-refractivity contribution in [2.24, 2.45) is 10.4 Å². The van der Waals surface area contributed by atoms with E-state index in [1.165, 1.54) is 6.42 Å².